The molecule has 0 aliphatic heterocycles. The average molecular weight is 320 g/mol. The summed E-state index contributed by atoms with van der Waals surface area (Å²) >= 11 is 0. The quantitative estimate of drug-likeness (QED) is 0.776. The molecular formula is C19H20N4O. The van der Waals surface area contributed by atoms with Crippen molar-refractivity contribution >= 4 is 11.5 Å². The Balaban J connectivity index is 1.69. The van der Waals surface area contributed by atoms with Crippen LogP contribution in [-0.4, -0.2) is 32.4 Å². The van der Waals surface area contributed by atoms with Gasteiger partial charge in [0.15, 0.2) is 5.65 Å². The van der Waals surface area contributed by atoms with Gasteiger partial charge in [-0.3, -0.25) is 0 Å². The summed E-state index contributed by atoms with van der Waals surface area (Å²) in [5.41, 5.74) is 3.77. The lowest BCUT2D eigenvalue weighted by Crippen LogP contribution is -2.19. The van der Waals surface area contributed by atoms with Crippen molar-refractivity contribution in [1.82, 2.24) is 14.6 Å². The van der Waals surface area contributed by atoms with E-state index in [-0.39, 0.29) is 18.6 Å². The number of aliphatic hydroxyl groups is 1. The highest BCUT2D eigenvalue weighted by atomic mass is 16.3. The first-order valence-corrected chi connectivity index (χ1v) is 8.21. The van der Waals surface area contributed by atoms with E-state index in [2.05, 4.69) is 23.1 Å². The minimum atomic E-state index is 0.194. The summed E-state index contributed by atoms with van der Waals surface area (Å²) in [6.45, 7) is 2.18. The molecule has 0 spiro atoms. The van der Waals surface area contributed by atoms with Gasteiger partial charge in [-0.2, -0.15) is 9.61 Å². The number of rotatable bonds is 4. The third-order valence-electron chi connectivity index (χ3n) is 4.36. The smallest absolute Gasteiger partial charge is 0.158 e. The molecule has 1 aromatic carbocycles. The molecule has 122 valence electrons. The van der Waals surface area contributed by atoms with Crippen LogP contribution < -0.4 is 5.32 Å². The molecule has 2 atom stereocenters. The van der Waals surface area contributed by atoms with Crippen molar-refractivity contribution in [3.05, 3.63) is 61.0 Å². The molecule has 0 saturated heterocycles. The van der Waals surface area contributed by atoms with Crippen molar-refractivity contribution in [3.63, 3.8) is 0 Å². The van der Waals surface area contributed by atoms with Crippen LogP contribution in [-0.2, 0) is 0 Å². The number of aryl methyl sites for hydroxylation is 1. The van der Waals surface area contributed by atoms with Crippen LogP contribution in [0.1, 0.15) is 12.1 Å². The van der Waals surface area contributed by atoms with Crippen LogP contribution >= 0.6 is 0 Å². The van der Waals surface area contributed by atoms with Crippen molar-refractivity contribution in [2.24, 2.45) is 5.92 Å². The Hall–Kier alpha value is -2.40. The number of aromatic nitrogens is 3. The third-order valence-corrected chi connectivity index (χ3v) is 4.36. The minimum Gasteiger partial charge on any atom is -0.396 e. The molecule has 2 aromatic heterocycles. The first-order chi connectivity index (χ1) is 11.7. The van der Waals surface area contributed by atoms with Crippen molar-refractivity contribution in [1.29, 1.82) is 0 Å². The van der Waals surface area contributed by atoms with Crippen LogP contribution in [0.3, 0.4) is 0 Å². The molecule has 5 heteroatoms. The summed E-state index contributed by atoms with van der Waals surface area (Å²) in [4.78, 5) is 4.59. The molecule has 1 aliphatic rings. The van der Waals surface area contributed by atoms with Gasteiger partial charge >= 0.3 is 0 Å². The van der Waals surface area contributed by atoms with E-state index in [1.165, 1.54) is 0 Å². The molecule has 5 nitrogen and oxygen atoms in total. The Morgan fingerprint density at radius 3 is 2.79 bits per heavy atom. The lowest BCUT2D eigenvalue weighted by Gasteiger charge is -2.15. The first-order valence-electron chi connectivity index (χ1n) is 8.21. The van der Waals surface area contributed by atoms with Gasteiger partial charge in [0.25, 0.3) is 0 Å². The van der Waals surface area contributed by atoms with E-state index in [0.29, 0.717) is 0 Å². The van der Waals surface area contributed by atoms with Crippen molar-refractivity contribution in [3.8, 4) is 11.3 Å². The standard InChI is InChI=1S/C19H20N4O/c1-13-9-18(21-16-8-7-14(10-16)12-24)23-19(20-13)11-17(22-23)15-5-3-2-4-6-15/h2-9,11,14,16,21,24H,10,12H2,1H3/t14-,16-/m1/s1. The van der Waals surface area contributed by atoms with E-state index in [0.717, 1.165) is 34.8 Å². The molecule has 2 radical (unpaired) electrons. The Morgan fingerprint density at radius 2 is 2.04 bits per heavy atom. The predicted molar refractivity (Wildman–Crippen MR) is 94.4 cm³/mol. The molecule has 4 rings (SSSR count). The zero-order valence-electron chi connectivity index (χ0n) is 13.6. The molecule has 1 aliphatic carbocycles. The van der Waals surface area contributed by atoms with Crippen molar-refractivity contribution < 1.29 is 5.11 Å². The Bertz CT molecular complexity index is 843. The first kappa shape index (κ1) is 15.1. The number of nitrogens with one attached hydrogen (secondary N) is 1. The van der Waals surface area contributed by atoms with E-state index in [9.17, 15) is 5.11 Å². The number of aliphatic hydroxyl groups excluding tert-OH is 1. The molecule has 1 saturated carbocycles. The maximum Gasteiger partial charge on any atom is 0.158 e. The van der Waals surface area contributed by atoms with Crippen molar-refractivity contribution in [2.75, 3.05) is 11.9 Å². The zero-order chi connectivity index (χ0) is 16.5. The van der Waals surface area contributed by atoms with Crippen LogP contribution in [0, 0.1) is 25.7 Å². The molecule has 0 unspecified atom stereocenters. The van der Waals surface area contributed by atoms with Crippen LogP contribution in [0.25, 0.3) is 16.9 Å². The molecule has 2 N–H and O–H groups in total. The molecule has 1 fully saturated rings. The van der Waals surface area contributed by atoms with Gasteiger partial charge in [0.1, 0.15) is 5.82 Å². The lowest BCUT2D eigenvalue weighted by atomic mass is 10.1. The summed E-state index contributed by atoms with van der Waals surface area (Å²) in [6.07, 6.45) is 5.08. The van der Waals surface area contributed by atoms with Gasteiger partial charge in [-0.15, -0.1) is 0 Å². The fourth-order valence-electron chi connectivity index (χ4n) is 3.16. The van der Waals surface area contributed by atoms with E-state index in [1.54, 1.807) is 0 Å². The fourth-order valence-corrected chi connectivity index (χ4v) is 3.16. The van der Waals surface area contributed by atoms with Gasteiger partial charge < -0.3 is 10.4 Å². The second-order valence-electron chi connectivity index (χ2n) is 6.26. The zero-order valence-corrected chi connectivity index (χ0v) is 13.6. The second kappa shape index (κ2) is 6.24. The van der Waals surface area contributed by atoms with Gasteiger partial charge in [0.05, 0.1) is 5.69 Å². The minimum absolute atomic E-state index is 0.194. The normalized spacial score (nSPS) is 20.6. The fraction of sp³-hybridized carbons (Fsp3) is 0.263. The molecule has 24 heavy (non-hydrogen) atoms. The Morgan fingerprint density at radius 1 is 1.21 bits per heavy atom. The summed E-state index contributed by atoms with van der Waals surface area (Å²) in [6, 6.07) is 14.3. The van der Waals surface area contributed by atoms with Gasteiger partial charge in [-0.1, -0.05) is 30.3 Å². The number of hydrogen-bond acceptors (Lipinski definition) is 4. The molecular weight excluding hydrogens is 300 g/mol. The molecule has 0 bridgehead atoms. The summed E-state index contributed by atoms with van der Waals surface area (Å²) in [5, 5.41) is 17.5. The number of nitrogens with zero attached hydrogens (tertiary/aromatic N) is 3. The van der Waals surface area contributed by atoms with Crippen LogP contribution in [0.15, 0.2) is 42.5 Å². The Kier molecular flexibility index (Phi) is 3.94. The van der Waals surface area contributed by atoms with Gasteiger partial charge in [0.2, 0.25) is 0 Å². The van der Waals surface area contributed by atoms with E-state index < -0.39 is 0 Å². The molecule has 3 aromatic rings. The number of anilines is 1. The van der Waals surface area contributed by atoms with Gasteiger partial charge in [-0.05, 0) is 32.1 Å². The third kappa shape index (κ3) is 2.87. The second-order valence-corrected chi connectivity index (χ2v) is 6.26. The van der Waals surface area contributed by atoms with Gasteiger partial charge in [0, 0.05) is 36.0 Å². The number of benzene rings is 1. The highest BCUT2D eigenvalue weighted by Gasteiger charge is 2.25. The summed E-state index contributed by atoms with van der Waals surface area (Å²) < 4.78 is 1.86. The van der Waals surface area contributed by atoms with Crippen LogP contribution in [0.2, 0.25) is 0 Å². The predicted octanol–water partition coefficient (Wildman–Crippen LogP) is 2.91. The summed E-state index contributed by atoms with van der Waals surface area (Å²) in [7, 11) is 0. The van der Waals surface area contributed by atoms with E-state index in [4.69, 9.17) is 5.10 Å². The Labute approximate surface area is 141 Å². The molecule has 2 heterocycles. The molecule has 0 amide bonds. The SMILES string of the molecule is Cc1cc(N[C@@H]2[CH][CH][C@@H](CO)C2)n2nc(-c3ccccc3)cc2n1. The topological polar surface area (TPSA) is 62.5 Å². The van der Waals surface area contributed by atoms with Gasteiger partial charge in [-0.25, -0.2) is 4.98 Å². The van der Waals surface area contributed by atoms with E-state index in [1.807, 2.05) is 53.9 Å². The van der Waals surface area contributed by atoms with Crippen LogP contribution in [0.5, 0.6) is 0 Å². The average Bonchev–Trinajstić information content (AvgIpc) is 3.22. The monoisotopic (exact) mass is 320 g/mol. The van der Waals surface area contributed by atoms with E-state index >= 15 is 0 Å². The largest absolute Gasteiger partial charge is 0.396 e. The highest BCUT2D eigenvalue weighted by molar-refractivity contribution is 5.65. The highest BCUT2D eigenvalue weighted by Crippen LogP contribution is 2.27. The number of hydrogen-bond donors (Lipinski definition) is 2. The maximum atomic E-state index is 9.29. The lowest BCUT2D eigenvalue weighted by molar-refractivity contribution is 0.246. The van der Waals surface area contributed by atoms with Crippen molar-refractivity contribution in [2.45, 2.75) is 19.4 Å². The summed E-state index contributed by atoms with van der Waals surface area (Å²) in [5.74, 6) is 1.16. The number of fused-ring (bicyclic) bond motifs is 1. The van der Waals surface area contributed by atoms with Crippen LogP contribution in [0.4, 0.5) is 5.82 Å². The maximum absolute atomic E-state index is 9.29.